The third-order valence-corrected chi connectivity index (χ3v) is 3.91. The van der Waals surface area contributed by atoms with Crippen LogP contribution < -0.4 is 15.8 Å². The highest BCUT2D eigenvalue weighted by Gasteiger charge is 2.15. The molecular formula is C12H19N3O3S. The molecule has 0 saturated heterocycles. The number of nitrogens with one attached hydrogen (secondary N) is 2. The zero-order chi connectivity index (χ0) is 14.6. The Morgan fingerprint density at radius 2 is 1.68 bits per heavy atom. The number of rotatable bonds is 5. The molecule has 0 aliphatic carbocycles. The van der Waals surface area contributed by atoms with Gasteiger partial charge in [-0.2, -0.15) is 0 Å². The van der Waals surface area contributed by atoms with Crippen LogP contribution in [0.1, 0.15) is 20.8 Å². The molecule has 0 spiro atoms. The van der Waals surface area contributed by atoms with Gasteiger partial charge in [0.05, 0.1) is 10.9 Å². The van der Waals surface area contributed by atoms with Crippen LogP contribution in [-0.4, -0.2) is 26.4 Å². The van der Waals surface area contributed by atoms with Gasteiger partial charge in [0.15, 0.2) is 0 Å². The Balaban J connectivity index is 2.85. The Hall–Kier alpha value is -1.44. The van der Waals surface area contributed by atoms with Crippen molar-refractivity contribution in [3.8, 4) is 0 Å². The Labute approximate surface area is 113 Å². The largest absolute Gasteiger partial charge is 0.325 e. The summed E-state index contributed by atoms with van der Waals surface area (Å²) >= 11 is 0. The van der Waals surface area contributed by atoms with Crippen molar-refractivity contribution in [2.75, 3.05) is 5.32 Å². The van der Waals surface area contributed by atoms with E-state index in [0.29, 0.717) is 5.69 Å². The maximum Gasteiger partial charge on any atom is 0.240 e. The summed E-state index contributed by atoms with van der Waals surface area (Å²) in [7, 11) is -3.51. The third kappa shape index (κ3) is 4.62. The van der Waals surface area contributed by atoms with E-state index < -0.39 is 16.1 Å². The molecule has 7 heteroatoms. The van der Waals surface area contributed by atoms with Crippen LogP contribution in [0.2, 0.25) is 0 Å². The lowest BCUT2D eigenvalue weighted by molar-refractivity contribution is -0.117. The van der Waals surface area contributed by atoms with Crippen molar-refractivity contribution in [3.63, 3.8) is 0 Å². The maximum atomic E-state index is 11.9. The van der Waals surface area contributed by atoms with Crippen molar-refractivity contribution >= 4 is 21.6 Å². The van der Waals surface area contributed by atoms with Gasteiger partial charge in [-0.15, -0.1) is 0 Å². The lowest BCUT2D eigenvalue weighted by Gasteiger charge is -2.11. The second-order valence-electron chi connectivity index (χ2n) is 4.58. The Kier molecular flexibility index (Phi) is 5.04. The van der Waals surface area contributed by atoms with Gasteiger partial charge in [0.25, 0.3) is 0 Å². The molecule has 0 radical (unpaired) electrons. The van der Waals surface area contributed by atoms with Crippen molar-refractivity contribution in [3.05, 3.63) is 24.3 Å². The summed E-state index contributed by atoms with van der Waals surface area (Å²) < 4.78 is 26.2. The second kappa shape index (κ2) is 6.14. The van der Waals surface area contributed by atoms with Gasteiger partial charge in [0.2, 0.25) is 15.9 Å². The number of hydrogen-bond acceptors (Lipinski definition) is 4. The van der Waals surface area contributed by atoms with Crippen LogP contribution in [0.3, 0.4) is 0 Å². The first-order valence-electron chi connectivity index (χ1n) is 5.91. The monoisotopic (exact) mass is 285 g/mol. The van der Waals surface area contributed by atoms with E-state index in [1.54, 1.807) is 20.8 Å². The first kappa shape index (κ1) is 15.6. The number of sulfonamides is 1. The fraction of sp³-hybridized carbons (Fsp3) is 0.417. The molecule has 0 saturated carbocycles. The molecule has 0 fully saturated rings. The van der Waals surface area contributed by atoms with E-state index in [4.69, 9.17) is 5.73 Å². The summed E-state index contributed by atoms with van der Waals surface area (Å²) in [5.74, 6) is -0.323. The minimum atomic E-state index is -3.51. The highest BCUT2D eigenvalue weighted by Crippen LogP contribution is 2.14. The average Bonchev–Trinajstić information content (AvgIpc) is 2.27. The maximum absolute atomic E-state index is 11.9. The van der Waals surface area contributed by atoms with E-state index in [0.717, 1.165) is 0 Å². The molecule has 0 aromatic heterocycles. The van der Waals surface area contributed by atoms with Crippen LogP contribution in [0.4, 0.5) is 5.69 Å². The van der Waals surface area contributed by atoms with Crippen LogP contribution in [-0.2, 0) is 14.8 Å². The molecule has 1 rings (SSSR count). The van der Waals surface area contributed by atoms with E-state index in [1.807, 2.05) is 0 Å². The molecule has 6 nitrogen and oxygen atoms in total. The van der Waals surface area contributed by atoms with Gasteiger partial charge >= 0.3 is 0 Å². The van der Waals surface area contributed by atoms with Gasteiger partial charge in [-0.25, -0.2) is 13.1 Å². The van der Waals surface area contributed by atoms with Gasteiger partial charge in [0, 0.05) is 11.7 Å². The number of benzene rings is 1. The number of amides is 1. The zero-order valence-corrected chi connectivity index (χ0v) is 12.0. The summed E-state index contributed by atoms with van der Waals surface area (Å²) in [6, 6.07) is 5.11. The topological polar surface area (TPSA) is 101 Å². The van der Waals surface area contributed by atoms with Gasteiger partial charge in [-0.1, -0.05) is 0 Å². The van der Waals surface area contributed by atoms with Crippen LogP contribution in [0.15, 0.2) is 29.2 Å². The standard InChI is InChI=1S/C12H19N3O3S/c1-8(2)15-19(17,18)11-6-4-10(5-7-11)14-12(16)9(3)13/h4-9,15H,13H2,1-3H3,(H,14,16)/t9-/m1/s1. The van der Waals surface area contributed by atoms with Gasteiger partial charge in [-0.3, -0.25) is 4.79 Å². The lowest BCUT2D eigenvalue weighted by atomic mass is 10.3. The van der Waals surface area contributed by atoms with Gasteiger partial charge < -0.3 is 11.1 Å². The Morgan fingerprint density at radius 3 is 2.11 bits per heavy atom. The highest BCUT2D eigenvalue weighted by atomic mass is 32.2. The third-order valence-electron chi connectivity index (χ3n) is 2.24. The summed E-state index contributed by atoms with van der Waals surface area (Å²) in [6.07, 6.45) is 0. The van der Waals surface area contributed by atoms with Crippen molar-refractivity contribution < 1.29 is 13.2 Å². The van der Waals surface area contributed by atoms with Crippen molar-refractivity contribution in [1.82, 2.24) is 4.72 Å². The van der Waals surface area contributed by atoms with Crippen LogP contribution >= 0.6 is 0 Å². The molecule has 0 aliphatic heterocycles. The van der Waals surface area contributed by atoms with E-state index in [-0.39, 0.29) is 16.8 Å². The summed E-state index contributed by atoms with van der Waals surface area (Å²) in [6.45, 7) is 5.06. The van der Waals surface area contributed by atoms with Crippen LogP contribution in [0.25, 0.3) is 0 Å². The molecule has 0 aliphatic rings. The number of hydrogen-bond donors (Lipinski definition) is 3. The molecule has 1 atom stereocenters. The van der Waals surface area contributed by atoms with Crippen molar-refractivity contribution in [1.29, 1.82) is 0 Å². The number of carbonyl (C=O) groups is 1. The molecule has 4 N–H and O–H groups in total. The fourth-order valence-corrected chi connectivity index (χ4v) is 2.60. The molecule has 1 aromatic rings. The molecule has 19 heavy (non-hydrogen) atoms. The van der Waals surface area contributed by atoms with Gasteiger partial charge in [-0.05, 0) is 45.0 Å². The van der Waals surface area contributed by atoms with Crippen LogP contribution in [0.5, 0.6) is 0 Å². The van der Waals surface area contributed by atoms with E-state index in [2.05, 4.69) is 10.0 Å². The predicted octanol–water partition coefficient (Wildman–Crippen LogP) is 0.659. The lowest BCUT2D eigenvalue weighted by Crippen LogP contribution is -2.32. The Bertz CT molecular complexity index is 536. The molecule has 106 valence electrons. The number of carbonyl (C=O) groups excluding carboxylic acids is 1. The molecule has 0 unspecified atom stereocenters. The van der Waals surface area contributed by atoms with E-state index >= 15 is 0 Å². The second-order valence-corrected chi connectivity index (χ2v) is 6.29. The number of anilines is 1. The summed E-state index contributed by atoms with van der Waals surface area (Å²) in [5.41, 5.74) is 5.93. The molecule has 1 aromatic carbocycles. The fourth-order valence-electron chi connectivity index (χ4n) is 1.35. The predicted molar refractivity (Wildman–Crippen MR) is 74.2 cm³/mol. The SMILES string of the molecule is CC(C)NS(=O)(=O)c1ccc(NC(=O)[C@@H](C)N)cc1. The molecular weight excluding hydrogens is 266 g/mol. The average molecular weight is 285 g/mol. The minimum absolute atomic E-state index is 0.153. The van der Waals surface area contributed by atoms with Gasteiger partial charge in [0.1, 0.15) is 0 Å². The van der Waals surface area contributed by atoms with E-state index in [9.17, 15) is 13.2 Å². The quantitative estimate of drug-likeness (QED) is 0.739. The normalized spacial score (nSPS) is 13.3. The summed E-state index contributed by atoms with van der Waals surface area (Å²) in [5, 5.41) is 2.58. The molecule has 1 amide bonds. The Morgan fingerprint density at radius 1 is 1.16 bits per heavy atom. The van der Waals surface area contributed by atoms with Crippen molar-refractivity contribution in [2.45, 2.75) is 37.8 Å². The molecule has 0 bridgehead atoms. The number of nitrogens with two attached hydrogens (primary N) is 1. The first-order chi connectivity index (χ1) is 8.72. The summed E-state index contributed by atoms with van der Waals surface area (Å²) in [4.78, 5) is 11.5. The zero-order valence-electron chi connectivity index (χ0n) is 11.2. The van der Waals surface area contributed by atoms with E-state index in [1.165, 1.54) is 24.3 Å². The van der Waals surface area contributed by atoms with Crippen molar-refractivity contribution in [2.24, 2.45) is 5.73 Å². The highest BCUT2D eigenvalue weighted by molar-refractivity contribution is 7.89. The minimum Gasteiger partial charge on any atom is -0.325 e. The van der Waals surface area contributed by atoms with Crippen LogP contribution in [0, 0.1) is 0 Å². The first-order valence-corrected chi connectivity index (χ1v) is 7.39. The smallest absolute Gasteiger partial charge is 0.240 e. The molecule has 0 heterocycles.